The van der Waals surface area contributed by atoms with Gasteiger partial charge in [0.25, 0.3) is 17.7 Å². The second kappa shape index (κ2) is 11.3. The van der Waals surface area contributed by atoms with Crippen LogP contribution in [0.25, 0.3) is 6.08 Å². The van der Waals surface area contributed by atoms with E-state index < -0.39 is 17.8 Å². The molecular formula is C28H24BrN3O6. The molecule has 1 aliphatic rings. The molecule has 4 rings (SSSR count). The number of nitrogens with one attached hydrogen (secondary N) is 2. The SMILES string of the molecule is COc1ccc(N2C(=O)NC(=O)/C(=C\c3ccc(OCC(=O)Nc4ccc(C)c(C)c4)c(Br)c3)C2=O)cc1. The van der Waals surface area contributed by atoms with Gasteiger partial charge >= 0.3 is 6.03 Å². The summed E-state index contributed by atoms with van der Waals surface area (Å²) in [7, 11) is 1.50. The lowest BCUT2D eigenvalue weighted by Gasteiger charge is -2.26. The number of urea groups is 1. The third-order valence-electron chi connectivity index (χ3n) is 5.85. The Balaban J connectivity index is 1.46. The molecule has 38 heavy (non-hydrogen) atoms. The van der Waals surface area contributed by atoms with E-state index >= 15 is 0 Å². The van der Waals surface area contributed by atoms with Crippen LogP contribution in [-0.2, 0) is 14.4 Å². The predicted octanol–water partition coefficient (Wildman–Crippen LogP) is 4.76. The highest BCUT2D eigenvalue weighted by Crippen LogP contribution is 2.29. The number of methoxy groups -OCH3 is 1. The van der Waals surface area contributed by atoms with E-state index in [0.717, 1.165) is 16.0 Å². The Morgan fingerprint density at radius 3 is 2.39 bits per heavy atom. The quantitative estimate of drug-likeness (QED) is 0.309. The van der Waals surface area contributed by atoms with Gasteiger partial charge in [-0.2, -0.15) is 0 Å². The molecule has 1 fully saturated rings. The number of ether oxygens (including phenoxy) is 2. The molecule has 5 amide bonds. The Labute approximate surface area is 227 Å². The van der Waals surface area contributed by atoms with Crippen LogP contribution in [0, 0.1) is 13.8 Å². The number of anilines is 2. The second-order valence-electron chi connectivity index (χ2n) is 8.48. The average Bonchev–Trinajstić information content (AvgIpc) is 2.88. The van der Waals surface area contributed by atoms with Gasteiger partial charge in [0, 0.05) is 5.69 Å². The number of barbiturate groups is 1. The van der Waals surface area contributed by atoms with Crippen LogP contribution in [0.15, 0.2) is 70.7 Å². The summed E-state index contributed by atoms with van der Waals surface area (Å²) in [5, 5.41) is 4.98. The number of carbonyl (C=O) groups is 4. The minimum atomic E-state index is -0.841. The molecule has 0 spiro atoms. The first-order valence-corrected chi connectivity index (χ1v) is 12.3. The lowest BCUT2D eigenvalue weighted by Crippen LogP contribution is -2.54. The second-order valence-corrected chi connectivity index (χ2v) is 9.34. The van der Waals surface area contributed by atoms with Crippen molar-refractivity contribution in [2.75, 3.05) is 23.9 Å². The third kappa shape index (κ3) is 5.92. The van der Waals surface area contributed by atoms with Gasteiger partial charge in [-0.15, -0.1) is 0 Å². The average molecular weight is 578 g/mol. The predicted molar refractivity (Wildman–Crippen MR) is 146 cm³/mol. The number of hydrogen-bond acceptors (Lipinski definition) is 6. The highest BCUT2D eigenvalue weighted by atomic mass is 79.9. The molecule has 1 saturated heterocycles. The maximum Gasteiger partial charge on any atom is 0.335 e. The summed E-state index contributed by atoms with van der Waals surface area (Å²) >= 11 is 3.40. The Kier molecular flexibility index (Phi) is 7.92. The highest BCUT2D eigenvalue weighted by Gasteiger charge is 2.36. The van der Waals surface area contributed by atoms with E-state index in [1.807, 2.05) is 32.0 Å². The topological polar surface area (TPSA) is 114 Å². The fraction of sp³-hybridized carbons (Fsp3) is 0.143. The van der Waals surface area contributed by atoms with Crippen LogP contribution >= 0.6 is 15.9 Å². The first-order chi connectivity index (χ1) is 18.2. The van der Waals surface area contributed by atoms with Crippen molar-refractivity contribution >= 4 is 57.1 Å². The van der Waals surface area contributed by atoms with E-state index in [1.54, 1.807) is 42.5 Å². The summed E-state index contributed by atoms with van der Waals surface area (Å²) in [5.74, 6) is -0.927. The first kappa shape index (κ1) is 26.6. The fourth-order valence-corrected chi connectivity index (χ4v) is 4.18. The summed E-state index contributed by atoms with van der Waals surface area (Å²) < 4.78 is 11.2. The van der Waals surface area contributed by atoms with Gasteiger partial charge in [0.15, 0.2) is 6.61 Å². The van der Waals surface area contributed by atoms with E-state index in [1.165, 1.54) is 13.2 Å². The molecule has 9 nitrogen and oxygen atoms in total. The molecule has 0 aromatic heterocycles. The fourth-order valence-electron chi connectivity index (χ4n) is 3.67. The van der Waals surface area contributed by atoms with Crippen LogP contribution in [0.5, 0.6) is 11.5 Å². The molecule has 0 saturated carbocycles. The number of halogens is 1. The monoisotopic (exact) mass is 577 g/mol. The zero-order valence-corrected chi connectivity index (χ0v) is 22.4. The number of nitrogens with zero attached hydrogens (tertiary/aromatic N) is 1. The standard InChI is InChI=1S/C28H24BrN3O6/c1-16-4-6-19(12-17(16)2)30-25(33)15-38-24-11-5-18(14-23(24)29)13-22-26(34)31-28(36)32(27(22)35)20-7-9-21(37-3)10-8-20/h4-14H,15H2,1-3H3,(H,30,33)(H,31,34,36)/b22-13+. The van der Waals surface area contributed by atoms with Crippen LogP contribution in [-0.4, -0.2) is 37.5 Å². The highest BCUT2D eigenvalue weighted by molar-refractivity contribution is 9.10. The van der Waals surface area contributed by atoms with Crippen LogP contribution in [0.2, 0.25) is 0 Å². The molecule has 0 aliphatic carbocycles. The van der Waals surface area contributed by atoms with Crippen molar-refractivity contribution < 1.29 is 28.7 Å². The van der Waals surface area contributed by atoms with Gasteiger partial charge in [-0.25, -0.2) is 9.69 Å². The van der Waals surface area contributed by atoms with Crippen molar-refractivity contribution in [1.29, 1.82) is 0 Å². The number of rotatable bonds is 7. The normalized spacial score (nSPS) is 14.4. The Hall–Kier alpha value is -4.44. The number of hydrogen-bond donors (Lipinski definition) is 2. The molecule has 3 aromatic rings. The molecule has 2 N–H and O–H groups in total. The van der Waals surface area contributed by atoms with Crippen molar-refractivity contribution in [2.24, 2.45) is 0 Å². The van der Waals surface area contributed by atoms with Crippen molar-refractivity contribution in [3.8, 4) is 11.5 Å². The van der Waals surface area contributed by atoms with Gasteiger partial charge in [-0.3, -0.25) is 19.7 Å². The minimum Gasteiger partial charge on any atom is -0.497 e. The summed E-state index contributed by atoms with van der Waals surface area (Å²) in [6.07, 6.45) is 1.38. The summed E-state index contributed by atoms with van der Waals surface area (Å²) in [6.45, 7) is 3.74. The van der Waals surface area contributed by atoms with Gasteiger partial charge in [0.1, 0.15) is 17.1 Å². The molecule has 3 aromatic carbocycles. The largest absolute Gasteiger partial charge is 0.497 e. The molecule has 0 atom stereocenters. The number of amides is 5. The molecule has 0 radical (unpaired) electrons. The molecule has 1 aliphatic heterocycles. The first-order valence-electron chi connectivity index (χ1n) is 11.5. The molecular weight excluding hydrogens is 554 g/mol. The van der Waals surface area contributed by atoms with Crippen molar-refractivity contribution in [1.82, 2.24) is 5.32 Å². The van der Waals surface area contributed by atoms with E-state index in [4.69, 9.17) is 9.47 Å². The lowest BCUT2D eigenvalue weighted by atomic mass is 10.1. The van der Waals surface area contributed by atoms with Gasteiger partial charge in [0.2, 0.25) is 0 Å². The molecule has 10 heteroatoms. The van der Waals surface area contributed by atoms with E-state index in [-0.39, 0.29) is 23.8 Å². The summed E-state index contributed by atoms with van der Waals surface area (Å²) in [5.41, 5.74) is 3.46. The van der Waals surface area contributed by atoms with Crippen molar-refractivity contribution in [3.05, 3.63) is 87.4 Å². The summed E-state index contributed by atoms with van der Waals surface area (Å²) in [4.78, 5) is 51.2. The maximum absolute atomic E-state index is 13.1. The van der Waals surface area contributed by atoms with Crippen molar-refractivity contribution in [3.63, 3.8) is 0 Å². The zero-order valence-electron chi connectivity index (χ0n) is 20.8. The van der Waals surface area contributed by atoms with Crippen LogP contribution in [0.1, 0.15) is 16.7 Å². The number of benzene rings is 3. The van der Waals surface area contributed by atoms with Gasteiger partial charge in [-0.1, -0.05) is 12.1 Å². The number of carbonyl (C=O) groups excluding carboxylic acids is 4. The van der Waals surface area contributed by atoms with Crippen LogP contribution in [0.3, 0.4) is 0 Å². The van der Waals surface area contributed by atoms with Crippen LogP contribution in [0.4, 0.5) is 16.2 Å². The molecule has 1 heterocycles. The van der Waals surface area contributed by atoms with Gasteiger partial charge in [0.05, 0.1) is 17.3 Å². The van der Waals surface area contributed by atoms with Gasteiger partial charge < -0.3 is 14.8 Å². The lowest BCUT2D eigenvalue weighted by molar-refractivity contribution is -0.122. The Bertz CT molecular complexity index is 1470. The van der Waals surface area contributed by atoms with E-state index in [0.29, 0.717) is 27.2 Å². The Morgan fingerprint density at radius 1 is 1.00 bits per heavy atom. The number of aryl methyl sites for hydroxylation is 2. The third-order valence-corrected chi connectivity index (χ3v) is 6.47. The Morgan fingerprint density at radius 2 is 1.74 bits per heavy atom. The smallest absolute Gasteiger partial charge is 0.335 e. The summed E-state index contributed by atoms with van der Waals surface area (Å²) in [6, 6.07) is 16.0. The van der Waals surface area contributed by atoms with E-state index in [2.05, 4.69) is 26.6 Å². The minimum absolute atomic E-state index is 0.214. The number of imide groups is 2. The van der Waals surface area contributed by atoms with Crippen molar-refractivity contribution in [2.45, 2.75) is 13.8 Å². The maximum atomic E-state index is 13.1. The molecule has 0 bridgehead atoms. The van der Waals surface area contributed by atoms with Crippen LogP contribution < -0.4 is 25.0 Å². The molecule has 0 unspecified atom stereocenters. The van der Waals surface area contributed by atoms with E-state index in [9.17, 15) is 19.2 Å². The zero-order chi connectivity index (χ0) is 27.4. The molecule has 194 valence electrons. The van der Waals surface area contributed by atoms with Gasteiger partial charge in [-0.05, 0) is 101 Å².